The van der Waals surface area contributed by atoms with Crippen molar-refractivity contribution in [2.24, 2.45) is 22.6 Å². The maximum absolute atomic E-state index is 11.0. The second-order valence-electron chi connectivity index (χ2n) is 5.78. The Balaban J connectivity index is 0.00000361. The normalized spacial score (nSPS) is 19.7. The van der Waals surface area contributed by atoms with E-state index in [2.05, 4.69) is 29.1 Å². The summed E-state index contributed by atoms with van der Waals surface area (Å²) in [5.74, 6) is 1.81. The van der Waals surface area contributed by atoms with Crippen LogP contribution in [-0.2, 0) is 4.79 Å². The molecule has 1 unspecified atom stereocenters. The minimum Gasteiger partial charge on any atom is -0.370 e. The molecular formula is C14H29IN4O. The second-order valence-corrected chi connectivity index (χ2v) is 5.78. The summed E-state index contributed by atoms with van der Waals surface area (Å²) in [7, 11) is 1.81. The molecule has 0 spiro atoms. The first-order valence-electron chi connectivity index (χ1n) is 7.26. The predicted molar refractivity (Wildman–Crippen MR) is 94.3 cm³/mol. The van der Waals surface area contributed by atoms with Gasteiger partial charge in [0.25, 0.3) is 0 Å². The summed E-state index contributed by atoms with van der Waals surface area (Å²) >= 11 is 0. The number of halogens is 1. The molecule has 1 saturated heterocycles. The number of hydrogen-bond acceptors (Lipinski definition) is 2. The molecule has 0 aliphatic carbocycles. The summed E-state index contributed by atoms with van der Waals surface area (Å²) in [5.41, 5.74) is 5.29. The number of hydrogen-bond donors (Lipinski definition) is 2. The van der Waals surface area contributed by atoms with Crippen molar-refractivity contribution in [3.05, 3.63) is 0 Å². The standard InChI is InChI=1S/C14H28N4O.HI/c1-11(2)6-7-17-14(16-3)18-8-4-5-12(10-18)9-13(15)19;/h11-12H,4-10H2,1-3H3,(H2,15,19)(H,16,17);1H. The summed E-state index contributed by atoms with van der Waals surface area (Å²) in [6.45, 7) is 7.27. The molecule has 0 aromatic carbocycles. The highest BCUT2D eigenvalue weighted by atomic mass is 127. The number of rotatable bonds is 5. The van der Waals surface area contributed by atoms with Crippen LogP contribution in [0.25, 0.3) is 0 Å². The van der Waals surface area contributed by atoms with Crippen molar-refractivity contribution < 1.29 is 4.79 Å². The van der Waals surface area contributed by atoms with Crippen molar-refractivity contribution in [3.63, 3.8) is 0 Å². The van der Waals surface area contributed by atoms with Gasteiger partial charge in [0.15, 0.2) is 5.96 Å². The number of carbonyl (C=O) groups is 1. The molecule has 0 saturated carbocycles. The van der Waals surface area contributed by atoms with Crippen LogP contribution in [-0.4, -0.2) is 43.4 Å². The van der Waals surface area contributed by atoms with E-state index in [0.717, 1.165) is 44.9 Å². The minimum atomic E-state index is -0.199. The van der Waals surface area contributed by atoms with Gasteiger partial charge in [0, 0.05) is 33.1 Å². The zero-order valence-electron chi connectivity index (χ0n) is 12.9. The van der Waals surface area contributed by atoms with Crippen molar-refractivity contribution in [1.29, 1.82) is 0 Å². The maximum Gasteiger partial charge on any atom is 0.217 e. The molecule has 1 aliphatic rings. The van der Waals surface area contributed by atoms with Gasteiger partial charge in [-0.25, -0.2) is 0 Å². The molecule has 6 heteroatoms. The fourth-order valence-corrected chi connectivity index (χ4v) is 2.51. The number of likely N-dealkylation sites (tertiary alicyclic amines) is 1. The van der Waals surface area contributed by atoms with Crippen LogP contribution in [0.4, 0.5) is 0 Å². The van der Waals surface area contributed by atoms with Crippen LogP contribution in [0, 0.1) is 11.8 Å². The molecule has 0 aromatic heterocycles. The molecule has 0 aromatic rings. The van der Waals surface area contributed by atoms with Crippen molar-refractivity contribution in [1.82, 2.24) is 10.2 Å². The highest BCUT2D eigenvalue weighted by Crippen LogP contribution is 2.19. The van der Waals surface area contributed by atoms with Gasteiger partial charge in [0.05, 0.1) is 0 Å². The topological polar surface area (TPSA) is 70.7 Å². The average molecular weight is 396 g/mol. The molecule has 1 amide bonds. The molecule has 1 atom stereocenters. The first-order valence-corrected chi connectivity index (χ1v) is 7.26. The van der Waals surface area contributed by atoms with E-state index < -0.39 is 0 Å². The first-order chi connectivity index (χ1) is 9.02. The lowest BCUT2D eigenvalue weighted by Crippen LogP contribution is -2.47. The Morgan fingerprint density at radius 1 is 1.50 bits per heavy atom. The van der Waals surface area contributed by atoms with Crippen LogP contribution < -0.4 is 11.1 Å². The van der Waals surface area contributed by atoms with Crippen molar-refractivity contribution in [2.45, 2.75) is 39.5 Å². The lowest BCUT2D eigenvalue weighted by Gasteiger charge is -2.34. The van der Waals surface area contributed by atoms with Crippen LogP contribution >= 0.6 is 24.0 Å². The van der Waals surface area contributed by atoms with Gasteiger partial charge in [-0.3, -0.25) is 9.79 Å². The zero-order valence-corrected chi connectivity index (χ0v) is 15.2. The maximum atomic E-state index is 11.0. The lowest BCUT2D eigenvalue weighted by atomic mass is 9.95. The van der Waals surface area contributed by atoms with Gasteiger partial charge in [0.2, 0.25) is 5.91 Å². The van der Waals surface area contributed by atoms with E-state index in [-0.39, 0.29) is 29.9 Å². The highest BCUT2D eigenvalue weighted by Gasteiger charge is 2.23. The third-order valence-corrected chi connectivity index (χ3v) is 3.52. The molecule has 1 aliphatic heterocycles. The Morgan fingerprint density at radius 2 is 2.20 bits per heavy atom. The zero-order chi connectivity index (χ0) is 14.3. The lowest BCUT2D eigenvalue weighted by molar-refractivity contribution is -0.119. The summed E-state index contributed by atoms with van der Waals surface area (Å²) in [6.07, 6.45) is 3.81. The van der Waals surface area contributed by atoms with E-state index in [1.54, 1.807) is 0 Å². The average Bonchev–Trinajstić information content (AvgIpc) is 2.34. The van der Waals surface area contributed by atoms with E-state index in [1.165, 1.54) is 0 Å². The number of carbonyl (C=O) groups excluding carboxylic acids is 1. The van der Waals surface area contributed by atoms with Gasteiger partial charge in [-0.1, -0.05) is 13.8 Å². The Bertz CT molecular complexity index is 320. The van der Waals surface area contributed by atoms with Crippen molar-refractivity contribution >= 4 is 35.8 Å². The number of nitrogens with one attached hydrogen (secondary N) is 1. The number of amides is 1. The van der Waals surface area contributed by atoms with Crippen LogP contribution in [0.2, 0.25) is 0 Å². The van der Waals surface area contributed by atoms with E-state index in [0.29, 0.717) is 18.3 Å². The number of nitrogens with zero attached hydrogens (tertiary/aromatic N) is 2. The summed E-state index contributed by atoms with van der Waals surface area (Å²) < 4.78 is 0. The van der Waals surface area contributed by atoms with Gasteiger partial charge in [0.1, 0.15) is 0 Å². The second kappa shape index (κ2) is 10.2. The quantitative estimate of drug-likeness (QED) is 0.423. The van der Waals surface area contributed by atoms with E-state index in [4.69, 9.17) is 5.73 Å². The number of piperidine rings is 1. The molecule has 5 nitrogen and oxygen atoms in total. The van der Waals surface area contributed by atoms with Crippen molar-refractivity contribution in [2.75, 3.05) is 26.7 Å². The fraction of sp³-hybridized carbons (Fsp3) is 0.857. The fourth-order valence-electron chi connectivity index (χ4n) is 2.51. The number of aliphatic imine (C=N–C) groups is 1. The van der Waals surface area contributed by atoms with Crippen LogP contribution in [0.1, 0.15) is 39.5 Å². The summed E-state index contributed by atoms with van der Waals surface area (Å²) in [6, 6.07) is 0. The van der Waals surface area contributed by atoms with Crippen LogP contribution in [0.3, 0.4) is 0 Å². The van der Waals surface area contributed by atoms with Gasteiger partial charge in [-0.2, -0.15) is 0 Å². The third-order valence-electron chi connectivity index (χ3n) is 3.52. The Kier molecular flexibility index (Phi) is 9.96. The van der Waals surface area contributed by atoms with Crippen LogP contribution in [0.5, 0.6) is 0 Å². The number of nitrogens with two attached hydrogens (primary N) is 1. The molecule has 1 heterocycles. The predicted octanol–water partition coefficient (Wildman–Crippen LogP) is 1.81. The highest BCUT2D eigenvalue weighted by molar-refractivity contribution is 14.0. The molecule has 20 heavy (non-hydrogen) atoms. The Morgan fingerprint density at radius 3 is 2.75 bits per heavy atom. The van der Waals surface area contributed by atoms with Crippen molar-refractivity contribution in [3.8, 4) is 0 Å². The van der Waals surface area contributed by atoms with Gasteiger partial charge in [-0.05, 0) is 31.1 Å². The molecule has 1 rings (SSSR count). The van der Waals surface area contributed by atoms with E-state index in [1.807, 2.05) is 7.05 Å². The smallest absolute Gasteiger partial charge is 0.217 e. The molecule has 1 fully saturated rings. The largest absolute Gasteiger partial charge is 0.370 e. The molecule has 118 valence electrons. The minimum absolute atomic E-state index is 0. The Labute approximate surface area is 139 Å². The summed E-state index contributed by atoms with van der Waals surface area (Å²) in [4.78, 5) is 17.6. The van der Waals surface area contributed by atoms with E-state index in [9.17, 15) is 4.79 Å². The third kappa shape index (κ3) is 7.31. The van der Waals surface area contributed by atoms with Crippen LogP contribution in [0.15, 0.2) is 4.99 Å². The van der Waals surface area contributed by atoms with Gasteiger partial charge in [-0.15, -0.1) is 24.0 Å². The molecule has 0 radical (unpaired) electrons. The summed E-state index contributed by atoms with van der Waals surface area (Å²) in [5, 5.41) is 3.40. The number of primary amides is 1. The monoisotopic (exact) mass is 396 g/mol. The SMILES string of the molecule is CN=C(NCCC(C)C)N1CCCC(CC(N)=O)C1.I. The Hall–Kier alpha value is -0.530. The molecular weight excluding hydrogens is 367 g/mol. The molecule has 0 bridgehead atoms. The van der Waals surface area contributed by atoms with E-state index >= 15 is 0 Å². The van der Waals surface area contributed by atoms with Gasteiger partial charge >= 0.3 is 0 Å². The molecule has 3 N–H and O–H groups in total. The van der Waals surface area contributed by atoms with Gasteiger partial charge < -0.3 is 16.0 Å². The number of guanidine groups is 1. The first kappa shape index (κ1) is 19.5.